The van der Waals surface area contributed by atoms with Gasteiger partial charge in [-0.25, -0.2) is 13.8 Å². The Hall–Kier alpha value is -2.85. The Bertz CT molecular complexity index is 879. The second kappa shape index (κ2) is 6.57. The third-order valence-electron chi connectivity index (χ3n) is 4.28. The maximum Gasteiger partial charge on any atom is 0.273 e. The molecule has 1 aliphatic rings. The van der Waals surface area contributed by atoms with Crippen molar-refractivity contribution >= 4 is 5.91 Å². The summed E-state index contributed by atoms with van der Waals surface area (Å²) in [5.41, 5.74) is 0.870. The fraction of sp³-hybridized carbons (Fsp3) is 0.278. The summed E-state index contributed by atoms with van der Waals surface area (Å²) in [5, 5.41) is 18.9. The predicted molar refractivity (Wildman–Crippen MR) is 84.4 cm³/mol. The Morgan fingerprint density at radius 1 is 1.36 bits per heavy atom. The van der Waals surface area contributed by atoms with Crippen molar-refractivity contribution in [2.45, 2.75) is 25.5 Å². The molecule has 1 fully saturated rings. The van der Waals surface area contributed by atoms with Crippen molar-refractivity contribution in [3.8, 4) is 6.07 Å². The first-order chi connectivity index (χ1) is 11.9. The molecule has 25 heavy (non-hydrogen) atoms. The lowest BCUT2D eigenvalue weighted by Crippen LogP contribution is -2.33. The molecule has 2 atom stereocenters. The number of carbonyl (C=O) groups is 1. The molecule has 0 aliphatic carbocycles. The molecule has 3 rings (SSSR count). The van der Waals surface area contributed by atoms with E-state index in [2.05, 4.69) is 4.98 Å². The fourth-order valence-electron chi connectivity index (χ4n) is 3.05. The molecular weight excluding hydrogens is 328 g/mol. The van der Waals surface area contributed by atoms with E-state index in [1.165, 1.54) is 17.0 Å². The molecule has 1 aromatic heterocycles. The van der Waals surface area contributed by atoms with Gasteiger partial charge in [-0.3, -0.25) is 4.79 Å². The van der Waals surface area contributed by atoms with Gasteiger partial charge in [0.15, 0.2) is 0 Å². The van der Waals surface area contributed by atoms with Crippen LogP contribution >= 0.6 is 0 Å². The van der Waals surface area contributed by atoms with Gasteiger partial charge in [-0.2, -0.15) is 5.26 Å². The standard InChI is InChI=1S/C18H15F2N3O2/c1-10-11(8-21)2-5-16(22-10)18(25)23-9-13(24)7-17(23)14-6-12(19)3-4-15(14)20/h2-6,13,17,24H,7,9H2,1H3/t13-,17-/m1/s1. The van der Waals surface area contributed by atoms with Gasteiger partial charge >= 0.3 is 0 Å². The Kier molecular flexibility index (Phi) is 4.47. The molecule has 0 saturated carbocycles. The number of β-amino-alcohol motifs (C(OH)–C–C–N with tert-alkyl or cyclic N) is 1. The number of nitrogens with zero attached hydrogens (tertiary/aromatic N) is 3. The number of benzene rings is 1. The minimum atomic E-state index is -0.837. The quantitative estimate of drug-likeness (QED) is 0.909. The molecule has 0 unspecified atom stereocenters. The lowest BCUT2D eigenvalue weighted by Gasteiger charge is -2.25. The molecule has 1 aliphatic heterocycles. The maximum absolute atomic E-state index is 14.1. The number of aromatic nitrogens is 1. The van der Waals surface area contributed by atoms with E-state index in [1.54, 1.807) is 6.92 Å². The number of amides is 1. The largest absolute Gasteiger partial charge is 0.391 e. The van der Waals surface area contributed by atoms with E-state index < -0.39 is 29.7 Å². The van der Waals surface area contributed by atoms with Gasteiger partial charge < -0.3 is 10.0 Å². The number of nitriles is 1. The maximum atomic E-state index is 14.1. The monoisotopic (exact) mass is 343 g/mol. The number of hydrogen-bond acceptors (Lipinski definition) is 4. The number of hydrogen-bond donors (Lipinski definition) is 1. The van der Waals surface area contributed by atoms with E-state index in [0.717, 1.165) is 18.2 Å². The summed E-state index contributed by atoms with van der Waals surface area (Å²) in [4.78, 5) is 18.2. The van der Waals surface area contributed by atoms with Crippen molar-refractivity contribution in [2.75, 3.05) is 6.54 Å². The van der Waals surface area contributed by atoms with Crippen molar-refractivity contribution in [1.29, 1.82) is 5.26 Å². The SMILES string of the molecule is Cc1nc(C(=O)N2C[C@H](O)C[C@@H]2c2cc(F)ccc2F)ccc1C#N. The summed E-state index contributed by atoms with van der Waals surface area (Å²) in [6, 6.07) is 7.13. The number of pyridine rings is 1. The summed E-state index contributed by atoms with van der Waals surface area (Å²) < 4.78 is 27.6. The summed E-state index contributed by atoms with van der Waals surface area (Å²) >= 11 is 0. The number of rotatable bonds is 2. The highest BCUT2D eigenvalue weighted by Gasteiger charge is 2.37. The molecule has 1 N–H and O–H groups in total. The summed E-state index contributed by atoms with van der Waals surface area (Å²) in [7, 11) is 0. The van der Waals surface area contributed by atoms with Gasteiger partial charge in [-0.05, 0) is 43.7 Å². The molecule has 1 saturated heterocycles. The van der Waals surface area contributed by atoms with E-state index in [0.29, 0.717) is 11.3 Å². The number of aliphatic hydroxyl groups is 1. The molecule has 1 aromatic carbocycles. The van der Waals surface area contributed by atoms with Crippen LogP contribution < -0.4 is 0 Å². The van der Waals surface area contributed by atoms with Crippen LogP contribution in [0.25, 0.3) is 0 Å². The highest BCUT2D eigenvalue weighted by molar-refractivity contribution is 5.93. The normalized spacial score (nSPS) is 19.7. The summed E-state index contributed by atoms with van der Waals surface area (Å²) in [6.07, 6.45) is -0.724. The first-order valence-electron chi connectivity index (χ1n) is 7.72. The van der Waals surface area contributed by atoms with Crippen LogP contribution in [0.1, 0.15) is 39.8 Å². The predicted octanol–water partition coefficient (Wildman–Crippen LogP) is 2.49. The Morgan fingerprint density at radius 2 is 2.12 bits per heavy atom. The Morgan fingerprint density at radius 3 is 2.80 bits per heavy atom. The van der Waals surface area contributed by atoms with Crippen LogP contribution in [-0.4, -0.2) is 33.5 Å². The average molecular weight is 343 g/mol. The minimum Gasteiger partial charge on any atom is -0.391 e. The van der Waals surface area contributed by atoms with E-state index in [1.807, 2.05) is 6.07 Å². The molecule has 0 spiro atoms. The van der Waals surface area contributed by atoms with Crippen LogP contribution in [0.2, 0.25) is 0 Å². The smallest absolute Gasteiger partial charge is 0.273 e. The minimum absolute atomic E-state index is 0.000181. The van der Waals surface area contributed by atoms with Gasteiger partial charge in [-0.15, -0.1) is 0 Å². The van der Waals surface area contributed by atoms with Crippen LogP contribution in [0.3, 0.4) is 0 Å². The average Bonchev–Trinajstić information content (AvgIpc) is 2.97. The number of aliphatic hydroxyl groups excluding tert-OH is 1. The zero-order valence-corrected chi connectivity index (χ0v) is 13.4. The summed E-state index contributed by atoms with van der Waals surface area (Å²) in [6.45, 7) is 1.61. The van der Waals surface area contributed by atoms with E-state index in [-0.39, 0.29) is 24.2 Å². The van der Waals surface area contributed by atoms with Crippen LogP contribution in [0.15, 0.2) is 30.3 Å². The first kappa shape index (κ1) is 17.0. The summed E-state index contributed by atoms with van der Waals surface area (Å²) in [5.74, 6) is -1.75. The van der Waals surface area contributed by atoms with Gasteiger partial charge in [0, 0.05) is 12.1 Å². The molecule has 1 amide bonds. The molecule has 5 nitrogen and oxygen atoms in total. The zero-order chi connectivity index (χ0) is 18.1. The van der Waals surface area contributed by atoms with Crippen molar-refractivity contribution in [3.05, 3.63) is 64.5 Å². The molecule has 0 radical (unpaired) electrons. The number of aryl methyl sites for hydroxylation is 1. The van der Waals surface area contributed by atoms with Gasteiger partial charge in [0.05, 0.1) is 23.4 Å². The van der Waals surface area contributed by atoms with E-state index in [9.17, 15) is 18.7 Å². The second-order valence-electron chi connectivity index (χ2n) is 5.97. The highest BCUT2D eigenvalue weighted by Crippen LogP contribution is 2.35. The van der Waals surface area contributed by atoms with Crippen molar-refractivity contribution in [3.63, 3.8) is 0 Å². The van der Waals surface area contributed by atoms with Gasteiger partial charge in [-0.1, -0.05) is 0 Å². The Labute approximate surface area is 143 Å². The van der Waals surface area contributed by atoms with Crippen molar-refractivity contribution in [1.82, 2.24) is 9.88 Å². The van der Waals surface area contributed by atoms with Crippen LogP contribution in [-0.2, 0) is 0 Å². The lowest BCUT2D eigenvalue weighted by atomic mass is 10.0. The Balaban J connectivity index is 1.96. The molecule has 0 bridgehead atoms. The third-order valence-corrected chi connectivity index (χ3v) is 4.28. The van der Waals surface area contributed by atoms with Gasteiger partial charge in [0.1, 0.15) is 23.4 Å². The second-order valence-corrected chi connectivity index (χ2v) is 5.97. The molecule has 7 heteroatoms. The van der Waals surface area contributed by atoms with Gasteiger partial charge in [0.2, 0.25) is 0 Å². The van der Waals surface area contributed by atoms with Crippen LogP contribution in [0, 0.1) is 29.9 Å². The van der Waals surface area contributed by atoms with E-state index >= 15 is 0 Å². The van der Waals surface area contributed by atoms with Crippen LogP contribution in [0.5, 0.6) is 0 Å². The fourth-order valence-corrected chi connectivity index (χ4v) is 3.05. The van der Waals surface area contributed by atoms with Crippen molar-refractivity contribution in [2.24, 2.45) is 0 Å². The highest BCUT2D eigenvalue weighted by atomic mass is 19.1. The van der Waals surface area contributed by atoms with E-state index in [4.69, 9.17) is 5.26 Å². The first-order valence-corrected chi connectivity index (χ1v) is 7.72. The molecule has 2 heterocycles. The molecule has 2 aromatic rings. The number of carbonyl (C=O) groups excluding carboxylic acids is 1. The topological polar surface area (TPSA) is 77.2 Å². The number of likely N-dealkylation sites (tertiary alicyclic amines) is 1. The lowest BCUT2D eigenvalue weighted by molar-refractivity contribution is 0.0707. The van der Waals surface area contributed by atoms with Crippen LogP contribution in [0.4, 0.5) is 8.78 Å². The zero-order valence-electron chi connectivity index (χ0n) is 13.4. The van der Waals surface area contributed by atoms with Crippen molar-refractivity contribution < 1.29 is 18.7 Å². The molecular formula is C18H15F2N3O2. The third kappa shape index (κ3) is 3.21. The number of halogens is 2. The van der Waals surface area contributed by atoms with Gasteiger partial charge in [0.25, 0.3) is 5.91 Å². The molecule has 128 valence electrons.